The third-order valence-corrected chi connectivity index (χ3v) is 1.31. The van der Waals surface area contributed by atoms with E-state index in [1.54, 1.807) is 0 Å². The highest BCUT2D eigenvalue weighted by Crippen LogP contribution is 2.03. The smallest absolute Gasteiger partial charge is 0.255 e. The largest absolute Gasteiger partial charge is 0.350 e. The predicted octanol–water partition coefficient (Wildman–Crippen LogP) is 1.08. The summed E-state index contributed by atoms with van der Waals surface area (Å²) in [5, 5.41) is 9.70. The molecular formula is C6H10N3O. The van der Waals surface area contributed by atoms with E-state index >= 15 is 0 Å². The molecule has 0 saturated heterocycles. The Morgan fingerprint density at radius 3 is 3.10 bits per heavy atom. The van der Waals surface area contributed by atoms with Gasteiger partial charge in [-0.1, -0.05) is 6.92 Å². The predicted molar refractivity (Wildman–Crippen MR) is 36.5 cm³/mol. The summed E-state index contributed by atoms with van der Waals surface area (Å²) >= 11 is 0. The standard InChI is InChI=1S/C6H10N3O/c1-3-5(2)8-6-4-7-9-10-6/h5,8H,3H2,1-2H3. The number of rotatable bonds is 3. The zero-order valence-electron chi connectivity index (χ0n) is 6.09. The van der Waals surface area contributed by atoms with Crippen molar-refractivity contribution >= 4 is 5.88 Å². The zero-order valence-corrected chi connectivity index (χ0v) is 6.09. The molecule has 0 aliphatic heterocycles. The van der Waals surface area contributed by atoms with Crippen molar-refractivity contribution in [2.75, 3.05) is 5.32 Å². The van der Waals surface area contributed by atoms with Crippen molar-refractivity contribution in [1.82, 2.24) is 10.4 Å². The molecule has 0 amide bonds. The van der Waals surface area contributed by atoms with Gasteiger partial charge in [-0.3, -0.25) is 0 Å². The second-order valence-electron chi connectivity index (χ2n) is 2.17. The summed E-state index contributed by atoms with van der Waals surface area (Å²) in [6.45, 7) is 4.14. The molecule has 4 nitrogen and oxygen atoms in total. The average Bonchev–Trinajstić information content (AvgIpc) is 2.40. The van der Waals surface area contributed by atoms with Crippen LogP contribution in [-0.4, -0.2) is 16.4 Å². The van der Waals surface area contributed by atoms with Gasteiger partial charge in [0.25, 0.3) is 5.88 Å². The molecule has 0 aliphatic rings. The average molecular weight is 140 g/mol. The molecule has 1 radical (unpaired) electrons. The summed E-state index contributed by atoms with van der Waals surface area (Å²) in [4.78, 5) is 0. The SMILES string of the molecule is CCC(C)Nc1[c]nno1. The van der Waals surface area contributed by atoms with Crippen LogP contribution in [0.4, 0.5) is 5.88 Å². The third kappa shape index (κ3) is 1.72. The van der Waals surface area contributed by atoms with Crippen molar-refractivity contribution in [3.63, 3.8) is 0 Å². The highest BCUT2D eigenvalue weighted by Gasteiger charge is 2.01. The first-order valence-electron chi connectivity index (χ1n) is 3.29. The van der Waals surface area contributed by atoms with Crippen LogP contribution in [0.5, 0.6) is 0 Å². The minimum Gasteiger partial charge on any atom is -0.350 e. The molecule has 1 unspecified atom stereocenters. The van der Waals surface area contributed by atoms with Gasteiger partial charge in [0.15, 0.2) is 6.20 Å². The van der Waals surface area contributed by atoms with Crippen LogP contribution in [0.3, 0.4) is 0 Å². The summed E-state index contributed by atoms with van der Waals surface area (Å²) in [5.74, 6) is 0.509. The Kier molecular flexibility index (Phi) is 2.25. The maximum absolute atomic E-state index is 4.68. The van der Waals surface area contributed by atoms with E-state index in [2.05, 4.69) is 40.3 Å². The lowest BCUT2D eigenvalue weighted by Gasteiger charge is -2.06. The minimum absolute atomic E-state index is 0.381. The van der Waals surface area contributed by atoms with Gasteiger partial charge in [-0.15, -0.1) is 5.10 Å². The van der Waals surface area contributed by atoms with Crippen molar-refractivity contribution in [1.29, 1.82) is 0 Å². The second-order valence-corrected chi connectivity index (χ2v) is 2.17. The lowest BCUT2D eigenvalue weighted by molar-refractivity contribution is 0.401. The Hall–Kier alpha value is -1.06. The van der Waals surface area contributed by atoms with E-state index in [1.165, 1.54) is 0 Å². The van der Waals surface area contributed by atoms with Crippen molar-refractivity contribution in [2.24, 2.45) is 0 Å². The van der Waals surface area contributed by atoms with Crippen LogP contribution in [-0.2, 0) is 0 Å². The van der Waals surface area contributed by atoms with Crippen LogP contribution in [0, 0.1) is 6.20 Å². The summed E-state index contributed by atoms with van der Waals surface area (Å²) in [5.41, 5.74) is 0. The fourth-order valence-corrected chi connectivity index (χ4v) is 0.532. The van der Waals surface area contributed by atoms with Crippen LogP contribution in [0.2, 0.25) is 0 Å². The van der Waals surface area contributed by atoms with Crippen molar-refractivity contribution in [2.45, 2.75) is 26.3 Å². The highest BCUT2D eigenvalue weighted by molar-refractivity contribution is 5.24. The molecule has 0 aromatic carbocycles. The minimum atomic E-state index is 0.381. The van der Waals surface area contributed by atoms with Crippen LogP contribution in [0.25, 0.3) is 0 Å². The molecule has 1 aromatic rings. The number of nitrogens with zero attached hydrogens (tertiary/aromatic N) is 2. The molecule has 1 aromatic heterocycles. The van der Waals surface area contributed by atoms with Gasteiger partial charge in [0.1, 0.15) is 0 Å². The quantitative estimate of drug-likeness (QED) is 0.682. The second kappa shape index (κ2) is 3.20. The molecule has 0 aliphatic carbocycles. The lowest BCUT2D eigenvalue weighted by Crippen LogP contribution is -2.12. The van der Waals surface area contributed by atoms with Crippen molar-refractivity contribution in [3.05, 3.63) is 6.20 Å². The van der Waals surface area contributed by atoms with Crippen LogP contribution >= 0.6 is 0 Å². The van der Waals surface area contributed by atoms with E-state index in [1.807, 2.05) is 0 Å². The molecule has 4 heteroatoms. The van der Waals surface area contributed by atoms with Crippen molar-refractivity contribution in [3.8, 4) is 0 Å². The van der Waals surface area contributed by atoms with Gasteiger partial charge < -0.3 is 9.84 Å². The summed E-state index contributed by atoms with van der Waals surface area (Å²) in [6.07, 6.45) is 3.60. The lowest BCUT2D eigenvalue weighted by atomic mass is 10.3. The Balaban J connectivity index is 2.40. The van der Waals surface area contributed by atoms with E-state index in [4.69, 9.17) is 0 Å². The van der Waals surface area contributed by atoms with Crippen LogP contribution in [0.1, 0.15) is 20.3 Å². The maximum Gasteiger partial charge on any atom is 0.255 e. The normalized spacial score (nSPS) is 13.0. The van der Waals surface area contributed by atoms with E-state index in [0.717, 1.165) is 6.42 Å². The Morgan fingerprint density at radius 1 is 1.80 bits per heavy atom. The third-order valence-electron chi connectivity index (χ3n) is 1.31. The molecule has 0 fully saturated rings. The molecule has 1 atom stereocenters. The van der Waals surface area contributed by atoms with Crippen LogP contribution in [0.15, 0.2) is 4.52 Å². The first-order valence-corrected chi connectivity index (χ1v) is 3.29. The molecule has 0 bridgehead atoms. The van der Waals surface area contributed by atoms with Gasteiger partial charge in [0.05, 0.1) is 0 Å². The molecule has 10 heavy (non-hydrogen) atoms. The highest BCUT2D eigenvalue weighted by atomic mass is 16.5. The van der Waals surface area contributed by atoms with E-state index in [9.17, 15) is 0 Å². The molecular weight excluding hydrogens is 130 g/mol. The number of anilines is 1. The molecule has 0 spiro atoms. The van der Waals surface area contributed by atoms with Crippen LogP contribution < -0.4 is 5.32 Å². The number of nitrogens with one attached hydrogen (secondary N) is 1. The molecule has 55 valence electrons. The number of aromatic nitrogens is 2. The molecule has 1 N–H and O–H groups in total. The van der Waals surface area contributed by atoms with E-state index in [0.29, 0.717) is 11.9 Å². The molecule has 0 saturated carbocycles. The summed E-state index contributed by atoms with van der Waals surface area (Å²) < 4.78 is 4.68. The number of hydrogen-bond donors (Lipinski definition) is 1. The van der Waals surface area contributed by atoms with Gasteiger partial charge in [0, 0.05) is 11.3 Å². The zero-order chi connectivity index (χ0) is 7.40. The number of hydrogen-bond acceptors (Lipinski definition) is 4. The van der Waals surface area contributed by atoms with Gasteiger partial charge in [0.2, 0.25) is 0 Å². The Bertz CT molecular complexity index is 173. The van der Waals surface area contributed by atoms with E-state index in [-0.39, 0.29) is 0 Å². The Labute approximate surface area is 59.6 Å². The molecule has 1 heterocycles. The first kappa shape index (κ1) is 7.05. The Morgan fingerprint density at radius 2 is 2.60 bits per heavy atom. The summed E-state index contributed by atoms with van der Waals surface area (Å²) in [7, 11) is 0. The fourth-order valence-electron chi connectivity index (χ4n) is 0.532. The topological polar surface area (TPSA) is 51.0 Å². The van der Waals surface area contributed by atoms with E-state index < -0.39 is 0 Å². The first-order chi connectivity index (χ1) is 4.83. The summed E-state index contributed by atoms with van der Waals surface area (Å²) in [6, 6.07) is 0.381. The van der Waals surface area contributed by atoms with Gasteiger partial charge in [-0.05, 0) is 13.3 Å². The van der Waals surface area contributed by atoms with Gasteiger partial charge in [-0.2, -0.15) is 0 Å². The van der Waals surface area contributed by atoms with Gasteiger partial charge >= 0.3 is 0 Å². The fraction of sp³-hybridized carbons (Fsp3) is 0.667. The van der Waals surface area contributed by atoms with Crippen molar-refractivity contribution < 1.29 is 4.52 Å². The molecule has 1 rings (SSSR count). The van der Waals surface area contributed by atoms with Gasteiger partial charge in [-0.25, -0.2) is 0 Å². The monoisotopic (exact) mass is 140 g/mol. The maximum atomic E-state index is 4.68.